The van der Waals surface area contributed by atoms with Crippen LogP contribution < -0.4 is 0 Å². The third-order valence-corrected chi connectivity index (χ3v) is 9.16. The maximum atomic E-state index is 12.1. The number of carbonyl (C=O) groups is 1. The van der Waals surface area contributed by atoms with E-state index in [0.29, 0.717) is 19.1 Å². The van der Waals surface area contributed by atoms with Crippen molar-refractivity contribution in [2.45, 2.75) is 84.5 Å². The first-order valence-corrected chi connectivity index (χ1v) is 11.3. The SMILES string of the molecule is CC(=O)O[C@H]1C2CCC3(OCCO3)[C@@]2(C)CCC1[C@@]1(C)CC[C@H](C)C[C@@H]1CO. The quantitative estimate of drug-likeness (QED) is 0.735. The third-order valence-electron chi connectivity index (χ3n) is 9.16. The molecule has 0 aromatic heterocycles. The van der Waals surface area contributed by atoms with Crippen LogP contribution in [-0.4, -0.2) is 42.8 Å². The third kappa shape index (κ3) is 2.95. The van der Waals surface area contributed by atoms with E-state index < -0.39 is 5.79 Å². The maximum absolute atomic E-state index is 12.1. The zero-order chi connectivity index (χ0) is 20.2. The van der Waals surface area contributed by atoms with Gasteiger partial charge in [-0.15, -0.1) is 0 Å². The van der Waals surface area contributed by atoms with Gasteiger partial charge in [0, 0.05) is 37.2 Å². The van der Waals surface area contributed by atoms with E-state index in [2.05, 4.69) is 20.8 Å². The predicted octanol–water partition coefficient (Wildman–Crippen LogP) is 3.92. The van der Waals surface area contributed by atoms with Crippen molar-refractivity contribution in [3.05, 3.63) is 0 Å². The second-order valence-corrected chi connectivity index (χ2v) is 10.5. The maximum Gasteiger partial charge on any atom is 0.302 e. The lowest BCUT2D eigenvalue weighted by molar-refractivity contribution is -0.252. The lowest BCUT2D eigenvalue weighted by Gasteiger charge is -2.57. The molecule has 0 amide bonds. The molecule has 4 aliphatic rings. The van der Waals surface area contributed by atoms with Gasteiger partial charge in [0.15, 0.2) is 5.79 Å². The molecule has 0 radical (unpaired) electrons. The van der Waals surface area contributed by atoms with Crippen LogP contribution in [0, 0.1) is 34.5 Å². The first kappa shape index (κ1) is 20.6. The van der Waals surface area contributed by atoms with Crippen molar-refractivity contribution >= 4 is 5.97 Å². The van der Waals surface area contributed by atoms with Gasteiger partial charge in [0.05, 0.1) is 13.2 Å². The normalized spacial score (nSPS) is 47.8. The van der Waals surface area contributed by atoms with Crippen molar-refractivity contribution < 1.29 is 24.1 Å². The van der Waals surface area contributed by atoms with E-state index in [1.54, 1.807) is 0 Å². The minimum Gasteiger partial charge on any atom is -0.462 e. The number of aliphatic hydroxyl groups excluding tert-OH is 1. The Bertz CT molecular complexity index is 600. The van der Waals surface area contributed by atoms with Gasteiger partial charge in [0.25, 0.3) is 0 Å². The Hall–Kier alpha value is -0.650. The van der Waals surface area contributed by atoms with E-state index in [1.807, 2.05) is 0 Å². The standard InChI is InChI=1S/C23H38O5/c1-15-5-8-21(3,17(13-15)14-24)18-6-9-22(4)19(20(18)28-16(2)25)7-10-23(22)26-11-12-27-23/h15,17-20,24H,5-14H2,1-4H3/t15-,17+,18?,19?,20+,21-,22-/m0/s1. The number of esters is 1. The second-order valence-electron chi connectivity index (χ2n) is 10.5. The van der Waals surface area contributed by atoms with Gasteiger partial charge in [0.1, 0.15) is 6.10 Å². The molecule has 1 heterocycles. The number of aliphatic hydroxyl groups is 1. The average molecular weight is 395 g/mol. The van der Waals surface area contributed by atoms with Crippen molar-refractivity contribution in [1.29, 1.82) is 0 Å². The molecule has 3 saturated carbocycles. The van der Waals surface area contributed by atoms with E-state index in [9.17, 15) is 9.90 Å². The lowest BCUT2D eigenvalue weighted by atomic mass is 9.51. The highest BCUT2D eigenvalue weighted by Crippen LogP contribution is 2.65. The molecule has 0 aromatic carbocycles. The summed E-state index contributed by atoms with van der Waals surface area (Å²) in [6, 6.07) is 0. The van der Waals surface area contributed by atoms with Crippen LogP contribution in [-0.2, 0) is 19.0 Å². The molecule has 160 valence electrons. The molecule has 3 aliphatic carbocycles. The second kappa shape index (κ2) is 7.24. The number of carbonyl (C=O) groups excluding carboxylic acids is 1. The van der Waals surface area contributed by atoms with E-state index in [4.69, 9.17) is 14.2 Å². The van der Waals surface area contributed by atoms with Crippen LogP contribution in [0.5, 0.6) is 0 Å². The van der Waals surface area contributed by atoms with Crippen molar-refractivity contribution in [3.63, 3.8) is 0 Å². The van der Waals surface area contributed by atoms with Gasteiger partial charge in [0.2, 0.25) is 0 Å². The van der Waals surface area contributed by atoms with Gasteiger partial charge < -0.3 is 19.3 Å². The number of rotatable bonds is 3. The van der Waals surface area contributed by atoms with Crippen molar-refractivity contribution in [3.8, 4) is 0 Å². The summed E-state index contributed by atoms with van der Waals surface area (Å²) in [6.07, 6.45) is 7.13. The minimum absolute atomic E-state index is 0.00977. The molecular weight excluding hydrogens is 356 g/mol. The Kier molecular flexibility index (Phi) is 5.33. The highest BCUT2D eigenvalue weighted by atomic mass is 16.7. The monoisotopic (exact) mass is 394 g/mol. The fraction of sp³-hybridized carbons (Fsp3) is 0.957. The number of ether oxygens (including phenoxy) is 3. The molecule has 1 N–H and O–H groups in total. The topological polar surface area (TPSA) is 65.0 Å². The summed E-state index contributed by atoms with van der Waals surface area (Å²) in [5.41, 5.74) is -0.108. The van der Waals surface area contributed by atoms with Crippen molar-refractivity contribution in [2.24, 2.45) is 34.5 Å². The molecule has 1 saturated heterocycles. The number of fused-ring (bicyclic) bond motifs is 2. The zero-order valence-electron chi connectivity index (χ0n) is 18.0. The Morgan fingerprint density at radius 1 is 1.07 bits per heavy atom. The number of hydrogen-bond acceptors (Lipinski definition) is 5. The molecule has 5 heteroatoms. The highest BCUT2D eigenvalue weighted by molar-refractivity contribution is 5.66. The molecule has 4 rings (SSSR count). The van der Waals surface area contributed by atoms with Crippen LogP contribution in [0.15, 0.2) is 0 Å². The summed E-state index contributed by atoms with van der Waals surface area (Å²) in [5, 5.41) is 10.2. The highest BCUT2D eigenvalue weighted by Gasteiger charge is 2.67. The fourth-order valence-corrected chi connectivity index (χ4v) is 7.43. The Morgan fingerprint density at radius 3 is 2.39 bits per heavy atom. The fourth-order valence-electron chi connectivity index (χ4n) is 7.43. The molecule has 0 bridgehead atoms. The summed E-state index contributed by atoms with van der Waals surface area (Å²) in [5.74, 6) is 0.778. The van der Waals surface area contributed by atoms with Crippen LogP contribution in [0.3, 0.4) is 0 Å². The molecule has 1 spiro atoms. The molecular formula is C23H38O5. The van der Waals surface area contributed by atoms with E-state index in [1.165, 1.54) is 13.3 Å². The Morgan fingerprint density at radius 2 is 1.75 bits per heavy atom. The molecule has 7 atom stereocenters. The zero-order valence-corrected chi connectivity index (χ0v) is 18.0. The minimum atomic E-state index is -0.501. The average Bonchev–Trinajstić information content (AvgIpc) is 3.24. The van der Waals surface area contributed by atoms with Crippen LogP contribution in [0.1, 0.15) is 72.6 Å². The van der Waals surface area contributed by atoms with Gasteiger partial charge in [-0.1, -0.05) is 27.2 Å². The largest absolute Gasteiger partial charge is 0.462 e. The summed E-state index contributed by atoms with van der Waals surface area (Å²) in [4.78, 5) is 12.1. The van der Waals surface area contributed by atoms with E-state index in [0.717, 1.165) is 38.5 Å². The van der Waals surface area contributed by atoms with Gasteiger partial charge >= 0.3 is 5.97 Å². The van der Waals surface area contributed by atoms with Gasteiger partial charge in [-0.2, -0.15) is 0 Å². The van der Waals surface area contributed by atoms with Crippen LogP contribution in [0.4, 0.5) is 0 Å². The summed E-state index contributed by atoms with van der Waals surface area (Å²) in [7, 11) is 0. The first-order valence-electron chi connectivity index (χ1n) is 11.3. The number of hydrogen-bond donors (Lipinski definition) is 1. The van der Waals surface area contributed by atoms with E-state index in [-0.39, 0.29) is 47.3 Å². The van der Waals surface area contributed by atoms with Crippen LogP contribution in [0.2, 0.25) is 0 Å². The van der Waals surface area contributed by atoms with E-state index >= 15 is 0 Å². The summed E-state index contributed by atoms with van der Waals surface area (Å²) >= 11 is 0. The van der Waals surface area contributed by atoms with Gasteiger partial charge in [-0.05, 0) is 49.4 Å². The summed E-state index contributed by atoms with van der Waals surface area (Å²) in [6.45, 7) is 10.00. The first-order chi connectivity index (χ1) is 13.3. The lowest BCUT2D eigenvalue weighted by Crippen LogP contribution is -2.58. The predicted molar refractivity (Wildman–Crippen MR) is 105 cm³/mol. The van der Waals surface area contributed by atoms with Crippen LogP contribution in [0.25, 0.3) is 0 Å². The Labute approximate surface area is 169 Å². The molecule has 5 nitrogen and oxygen atoms in total. The summed E-state index contributed by atoms with van der Waals surface area (Å²) < 4.78 is 18.5. The molecule has 0 aromatic rings. The van der Waals surface area contributed by atoms with Crippen LogP contribution >= 0.6 is 0 Å². The molecule has 28 heavy (non-hydrogen) atoms. The smallest absolute Gasteiger partial charge is 0.302 e. The van der Waals surface area contributed by atoms with Gasteiger partial charge in [-0.25, -0.2) is 0 Å². The molecule has 2 unspecified atom stereocenters. The Balaban J connectivity index is 1.67. The van der Waals surface area contributed by atoms with Crippen molar-refractivity contribution in [2.75, 3.05) is 19.8 Å². The van der Waals surface area contributed by atoms with Gasteiger partial charge in [-0.3, -0.25) is 4.79 Å². The molecule has 4 fully saturated rings. The molecule has 1 aliphatic heterocycles. The van der Waals surface area contributed by atoms with Crippen molar-refractivity contribution in [1.82, 2.24) is 0 Å².